The molecule has 1 heterocycles. The largest absolute Gasteiger partial charge is 0.416 e. The Morgan fingerprint density at radius 2 is 1.97 bits per heavy atom. The smallest absolute Gasteiger partial charge is 0.340 e. The van der Waals surface area contributed by atoms with E-state index in [1.165, 1.54) is 18.2 Å². The lowest BCUT2D eigenvalue weighted by Gasteiger charge is -2.12. The second kappa shape index (κ2) is 7.29. The van der Waals surface area contributed by atoms with Crippen LogP contribution in [0.2, 0.25) is 0 Å². The highest BCUT2D eigenvalue weighted by Crippen LogP contribution is 2.38. The number of alkyl halides is 3. The molecular formula is C20H16F3N3O2S. The molecular weight excluding hydrogens is 403 g/mol. The molecule has 150 valence electrons. The lowest BCUT2D eigenvalue weighted by atomic mass is 10.0. The van der Waals surface area contributed by atoms with E-state index >= 15 is 0 Å². The Morgan fingerprint density at radius 1 is 1.24 bits per heavy atom. The van der Waals surface area contributed by atoms with E-state index in [9.17, 15) is 26.9 Å². The van der Waals surface area contributed by atoms with Crippen LogP contribution in [0.4, 0.5) is 18.9 Å². The summed E-state index contributed by atoms with van der Waals surface area (Å²) in [6.07, 6.45) is -4.51. The molecule has 0 bridgehead atoms. The molecule has 0 saturated heterocycles. The Hall–Kier alpha value is -3.25. The van der Waals surface area contributed by atoms with Gasteiger partial charge in [0, 0.05) is 28.6 Å². The number of nitrogens with zero attached hydrogens (tertiary/aromatic N) is 2. The van der Waals surface area contributed by atoms with E-state index in [0.717, 1.165) is 17.5 Å². The lowest BCUT2D eigenvalue weighted by molar-refractivity contribution is -0.137. The summed E-state index contributed by atoms with van der Waals surface area (Å²) in [5.41, 5.74) is 0.863. The highest BCUT2D eigenvalue weighted by molar-refractivity contribution is 7.95. The maximum absolute atomic E-state index is 13.2. The van der Waals surface area contributed by atoms with Gasteiger partial charge in [-0.2, -0.15) is 18.4 Å². The van der Waals surface area contributed by atoms with E-state index in [0.29, 0.717) is 23.2 Å². The standard InChI is InChI=1S/C20H16F3N3O2S/c1-3-26-18-11-14(20(21,22)23)8-9-16(18)17(12-24)19(26)13-6-5-7-15(10-13)25-29(27,28)4-2/h4-11,25H,2-3H2,1H3. The van der Waals surface area contributed by atoms with E-state index < -0.39 is 21.8 Å². The van der Waals surface area contributed by atoms with Crippen LogP contribution < -0.4 is 4.72 Å². The molecule has 0 aliphatic rings. The molecule has 29 heavy (non-hydrogen) atoms. The molecule has 0 spiro atoms. The van der Waals surface area contributed by atoms with Gasteiger partial charge in [0.15, 0.2) is 0 Å². The van der Waals surface area contributed by atoms with Crippen LogP contribution in [0.15, 0.2) is 54.5 Å². The number of nitriles is 1. The number of aromatic nitrogens is 1. The number of rotatable bonds is 5. The average Bonchev–Trinajstić information content (AvgIpc) is 3.00. The van der Waals surface area contributed by atoms with Crippen LogP contribution in [0.1, 0.15) is 18.1 Å². The topological polar surface area (TPSA) is 74.9 Å². The number of nitrogens with one attached hydrogen (secondary N) is 1. The first-order valence-corrected chi connectivity index (χ1v) is 10.0. The van der Waals surface area contributed by atoms with Crippen molar-refractivity contribution in [3.63, 3.8) is 0 Å². The fourth-order valence-corrected chi connectivity index (χ4v) is 3.74. The Bertz CT molecular complexity index is 1250. The van der Waals surface area contributed by atoms with Crippen LogP contribution in [-0.2, 0) is 22.7 Å². The van der Waals surface area contributed by atoms with Crippen molar-refractivity contribution in [3.05, 3.63) is 65.6 Å². The first kappa shape index (κ1) is 20.5. The molecule has 0 amide bonds. The predicted molar refractivity (Wildman–Crippen MR) is 106 cm³/mol. The molecule has 0 radical (unpaired) electrons. The lowest BCUT2D eigenvalue weighted by Crippen LogP contribution is -2.08. The highest BCUT2D eigenvalue weighted by atomic mass is 32.2. The SMILES string of the molecule is C=CS(=O)(=O)Nc1cccc(-c2c(C#N)c3ccc(C(F)(F)F)cc3n2CC)c1. The van der Waals surface area contributed by atoms with E-state index in [4.69, 9.17) is 0 Å². The Morgan fingerprint density at radius 3 is 2.55 bits per heavy atom. The second-order valence-corrected chi connectivity index (χ2v) is 7.83. The van der Waals surface area contributed by atoms with Gasteiger partial charge in [-0.25, -0.2) is 8.42 Å². The number of aryl methyl sites for hydroxylation is 1. The number of hydrogen-bond donors (Lipinski definition) is 1. The summed E-state index contributed by atoms with van der Waals surface area (Å²) in [5.74, 6) is 0. The van der Waals surface area contributed by atoms with Crippen molar-refractivity contribution in [1.82, 2.24) is 4.57 Å². The number of fused-ring (bicyclic) bond motifs is 1. The zero-order valence-electron chi connectivity index (χ0n) is 15.3. The fraction of sp³-hybridized carbons (Fsp3) is 0.150. The Labute approximate surface area is 165 Å². The minimum Gasteiger partial charge on any atom is -0.340 e. The summed E-state index contributed by atoms with van der Waals surface area (Å²) < 4.78 is 66.9. The van der Waals surface area contributed by atoms with E-state index in [1.54, 1.807) is 23.6 Å². The van der Waals surface area contributed by atoms with Crippen LogP contribution in [0, 0.1) is 11.3 Å². The summed E-state index contributed by atoms with van der Waals surface area (Å²) in [5, 5.41) is 10.9. The zero-order valence-corrected chi connectivity index (χ0v) is 16.1. The van der Waals surface area contributed by atoms with Gasteiger partial charge < -0.3 is 4.57 Å². The van der Waals surface area contributed by atoms with Crippen molar-refractivity contribution in [2.75, 3.05) is 4.72 Å². The van der Waals surface area contributed by atoms with E-state index in [1.807, 2.05) is 0 Å². The van der Waals surface area contributed by atoms with Gasteiger partial charge in [0.2, 0.25) is 0 Å². The predicted octanol–water partition coefficient (Wildman–Crippen LogP) is 5.10. The van der Waals surface area contributed by atoms with Gasteiger partial charge in [-0.3, -0.25) is 4.72 Å². The third-order valence-corrected chi connectivity index (χ3v) is 5.39. The fourth-order valence-electron chi connectivity index (χ4n) is 3.20. The Kier molecular flexibility index (Phi) is 5.15. The van der Waals surface area contributed by atoms with Crippen molar-refractivity contribution >= 4 is 26.6 Å². The summed E-state index contributed by atoms with van der Waals surface area (Å²) in [4.78, 5) is 0. The van der Waals surface area contributed by atoms with Crippen molar-refractivity contribution in [1.29, 1.82) is 5.26 Å². The molecule has 3 aromatic rings. The summed E-state index contributed by atoms with van der Waals surface area (Å²) >= 11 is 0. The molecule has 5 nitrogen and oxygen atoms in total. The van der Waals surface area contributed by atoms with Gasteiger partial charge in [-0.15, -0.1) is 0 Å². The maximum Gasteiger partial charge on any atom is 0.416 e. The number of benzene rings is 2. The van der Waals surface area contributed by atoms with Crippen molar-refractivity contribution in [2.24, 2.45) is 0 Å². The minimum absolute atomic E-state index is 0.222. The molecule has 0 saturated carbocycles. The number of halogens is 3. The summed E-state index contributed by atoms with van der Waals surface area (Å²) in [6.45, 7) is 5.31. The third-order valence-electron chi connectivity index (χ3n) is 4.44. The quantitative estimate of drug-likeness (QED) is 0.625. The highest BCUT2D eigenvalue weighted by Gasteiger charge is 2.31. The molecule has 0 fully saturated rings. The second-order valence-electron chi connectivity index (χ2n) is 6.20. The first-order chi connectivity index (χ1) is 13.6. The molecule has 2 aromatic carbocycles. The molecule has 0 atom stereocenters. The van der Waals surface area contributed by atoms with Gasteiger partial charge >= 0.3 is 6.18 Å². The molecule has 1 N–H and O–H groups in total. The normalized spacial score (nSPS) is 12.0. The molecule has 0 aliphatic carbocycles. The third kappa shape index (κ3) is 3.84. The number of hydrogen-bond acceptors (Lipinski definition) is 3. The minimum atomic E-state index is -4.51. The molecule has 9 heteroatoms. The molecule has 3 rings (SSSR count). The molecule has 1 aromatic heterocycles. The van der Waals surface area contributed by atoms with Crippen molar-refractivity contribution < 1.29 is 21.6 Å². The van der Waals surface area contributed by atoms with Gasteiger partial charge in [0.05, 0.1) is 22.3 Å². The molecule has 0 aliphatic heterocycles. The number of sulfonamides is 1. The zero-order chi connectivity index (χ0) is 21.4. The van der Waals surface area contributed by atoms with Crippen molar-refractivity contribution in [3.8, 4) is 17.3 Å². The maximum atomic E-state index is 13.2. The number of anilines is 1. The van der Waals surface area contributed by atoms with Gasteiger partial charge in [-0.1, -0.05) is 24.8 Å². The van der Waals surface area contributed by atoms with E-state index in [2.05, 4.69) is 17.4 Å². The summed E-state index contributed by atoms with van der Waals surface area (Å²) in [6, 6.07) is 11.6. The summed E-state index contributed by atoms with van der Waals surface area (Å²) in [7, 11) is -3.73. The Balaban J connectivity index is 2.27. The van der Waals surface area contributed by atoms with Gasteiger partial charge in [0.25, 0.3) is 10.0 Å². The van der Waals surface area contributed by atoms with Crippen LogP contribution in [0.25, 0.3) is 22.2 Å². The van der Waals surface area contributed by atoms with Gasteiger partial charge in [0.1, 0.15) is 6.07 Å². The van der Waals surface area contributed by atoms with Crippen LogP contribution in [-0.4, -0.2) is 13.0 Å². The van der Waals surface area contributed by atoms with Crippen LogP contribution in [0.3, 0.4) is 0 Å². The van der Waals surface area contributed by atoms with Gasteiger partial charge in [-0.05, 0) is 31.2 Å². The molecule has 0 unspecified atom stereocenters. The monoisotopic (exact) mass is 419 g/mol. The van der Waals surface area contributed by atoms with Crippen LogP contribution >= 0.6 is 0 Å². The average molecular weight is 419 g/mol. The van der Waals surface area contributed by atoms with Crippen LogP contribution in [0.5, 0.6) is 0 Å². The van der Waals surface area contributed by atoms with E-state index in [-0.39, 0.29) is 16.8 Å². The van der Waals surface area contributed by atoms with Crippen molar-refractivity contribution in [2.45, 2.75) is 19.6 Å². The first-order valence-electron chi connectivity index (χ1n) is 8.50.